The molecular formula is C22H25Cl2N5O2S. The Morgan fingerprint density at radius 1 is 1.22 bits per heavy atom. The number of methoxy groups -OCH3 is 1. The van der Waals surface area contributed by atoms with Gasteiger partial charge in [-0.05, 0) is 63.8 Å². The first kappa shape index (κ1) is 24.4. The van der Waals surface area contributed by atoms with Crippen molar-refractivity contribution in [3.63, 3.8) is 0 Å². The number of thioether (sulfide) groups is 1. The third-order valence-corrected chi connectivity index (χ3v) is 6.57. The number of hydrogen-bond donors (Lipinski definition) is 1. The monoisotopic (exact) mass is 493 g/mol. The van der Waals surface area contributed by atoms with Crippen molar-refractivity contribution in [1.82, 2.24) is 19.7 Å². The van der Waals surface area contributed by atoms with Gasteiger partial charge in [-0.15, -0.1) is 10.2 Å². The van der Waals surface area contributed by atoms with E-state index < -0.39 is 0 Å². The van der Waals surface area contributed by atoms with Crippen LogP contribution in [0, 0.1) is 6.92 Å². The van der Waals surface area contributed by atoms with Crippen LogP contribution in [0.25, 0.3) is 5.69 Å². The number of halogens is 2. The SMILES string of the molecule is COc1cc(Cl)c(C)cc1NC(=O)CSc1nnc(C(C)N(C)C)n1-c1ccc(Cl)cc1. The van der Waals surface area contributed by atoms with Gasteiger partial charge in [0.1, 0.15) is 5.75 Å². The van der Waals surface area contributed by atoms with Crippen LogP contribution in [0.1, 0.15) is 24.4 Å². The minimum atomic E-state index is -0.192. The molecule has 170 valence electrons. The largest absolute Gasteiger partial charge is 0.495 e. The minimum absolute atomic E-state index is 0.0164. The molecule has 0 bridgehead atoms. The van der Waals surface area contributed by atoms with Gasteiger partial charge < -0.3 is 10.1 Å². The van der Waals surface area contributed by atoms with Crippen LogP contribution in [0.4, 0.5) is 5.69 Å². The van der Waals surface area contributed by atoms with Crippen molar-refractivity contribution in [2.45, 2.75) is 25.0 Å². The Hall–Kier alpha value is -2.26. The molecule has 0 aliphatic carbocycles. The molecule has 2 aromatic carbocycles. The summed E-state index contributed by atoms with van der Waals surface area (Å²) >= 11 is 13.5. The number of rotatable bonds is 8. The van der Waals surface area contributed by atoms with E-state index in [-0.39, 0.29) is 17.7 Å². The molecule has 1 atom stereocenters. The van der Waals surface area contributed by atoms with Crippen LogP contribution in [0.3, 0.4) is 0 Å². The Morgan fingerprint density at radius 3 is 2.53 bits per heavy atom. The molecule has 1 N–H and O–H groups in total. The molecule has 0 spiro atoms. The number of ether oxygens (including phenoxy) is 1. The quantitative estimate of drug-likeness (QED) is 0.432. The Kier molecular flexibility index (Phi) is 8.05. The molecule has 0 saturated carbocycles. The van der Waals surface area contributed by atoms with Gasteiger partial charge >= 0.3 is 0 Å². The molecule has 7 nitrogen and oxygen atoms in total. The first-order chi connectivity index (χ1) is 15.2. The van der Waals surface area contributed by atoms with Crippen molar-refractivity contribution in [3.05, 3.63) is 57.8 Å². The molecule has 10 heteroatoms. The van der Waals surface area contributed by atoms with Crippen LogP contribution >= 0.6 is 35.0 Å². The Labute approximate surface area is 202 Å². The molecule has 1 unspecified atom stereocenters. The zero-order valence-corrected chi connectivity index (χ0v) is 20.8. The summed E-state index contributed by atoms with van der Waals surface area (Å²) in [5, 5.41) is 13.5. The van der Waals surface area contributed by atoms with Crippen LogP contribution in [-0.4, -0.2) is 52.5 Å². The number of nitrogens with zero attached hydrogens (tertiary/aromatic N) is 4. The fourth-order valence-electron chi connectivity index (χ4n) is 2.96. The van der Waals surface area contributed by atoms with E-state index >= 15 is 0 Å². The van der Waals surface area contributed by atoms with Crippen molar-refractivity contribution in [1.29, 1.82) is 0 Å². The zero-order valence-electron chi connectivity index (χ0n) is 18.5. The average molecular weight is 494 g/mol. The summed E-state index contributed by atoms with van der Waals surface area (Å²) in [7, 11) is 5.49. The highest BCUT2D eigenvalue weighted by molar-refractivity contribution is 7.99. The second-order valence-electron chi connectivity index (χ2n) is 7.43. The van der Waals surface area contributed by atoms with Crippen LogP contribution in [0.5, 0.6) is 5.75 Å². The predicted octanol–water partition coefficient (Wildman–Crippen LogP) is 5.24. The van der Waals surface area contributed by atoms with E-state index in [1.165, 1.54) is 18.9 Å². The number of carbonyl (C=O) groups is 1. The van der Waals surface area contributed by atoms with E-state index in [9.17, 15) is 4.79 Å². The van der Waals surface area contributed by atoms with Gasteiger partial charge in [0.2, 0.25) is 5.91 Å². The highest BCUT2D eigenvalue weighted by Crippen LogP contribution is 2.32. The van der Waals surface area contributed by atoms with Crippen LogP contribution < -0.4 is 10.1 Å². The fourth-order valence-corrected chi connectivity index (χ4v) is 3.99. The van der Waals surface area contributed by atoms with Crippen LogP contribution in [-0.2, 0) is 4.79 Å². The zero-order chi connectivity index (χ0) is 23.4. The lowest BCUT2D eigenvalue weighted by molar-refractivity contribution is -0.113. The standard InChI is InChI=1S/C22H25Cl2N5O2S/c1-13-10-18(19(31-5)11-17(13)24)25-20(30)12-32-22-27-26-21(14(2)28(3)4)29(22)16-8-6-15(23)7-9-16/h6-11,14H,12H2,1-5H3,(H,25,30). The molecule has 3 rings (SSSR count). The van der Waals surface area contributed by atoms with Gasteiger partial charge in [0.05, 0.1) is 24.6 Å². The Bertz CT molecular complexity index is 1100. The van der Waals surface area contributed by atoms with E-state index in [0.717, 1.165) is 17.1 Å². The van der Waals surface area contributed by atoms with Crippen molar-refractivity contribution in [2.75, 3.05) is 32.3 Å². The van der Waals surface area contributed by atoms with E-state index in [1.54, 1.807) is 12.1 Å². The fraction of sp³-hybridized carbons (Fsp3) is 0.318. The van der Waals surface area contributed by atoms with Gasteiger partial charge in [-0.25, -0.2) is 0 Å². The molecule has 1 heterocycles. The predicted molar refractivity (Wildman–Crippen MR) is 131 cm³/mol. The highest BCUT2D eigenvalue weighted by Gasteiger charge is 2.22. The van der Waals surface area contributed by atoms with Gasteiger partial charge in [0, 0.05) is 21.8 Å². The number of aryl methyl sites for hydroxylation is 1. The first-order valence-electron chi connectivity index (χ1n) is 9.85. The lowest BCUT2D eigenvalue weighted by atomic mass is 10.2. The summed E-state index contributed by atoms with van der Waals surface area (Å²) in [5.74, 6) is 1.23. The van der Waals surface area contributed by atoms with E-state index in [0.29, 0.717) is 26.6 Å². The molecule has 1 aromatic heterocycles. The minimum Gasteiger partial charge on any atom is -0.495 e. The highest BCUT2D eigenvalue weighted by atomic mass is 35.5. The first-order valence-corrected chi connectivity index (χ1v) is 11.6. The maximum atomic E-state index is 12.7. The summed E-state index contributed by atoms with van der Waals surface area (Å²) in [6, 6.07) is 10.9. The maximum absolute atomic E-state index is 12.7. The normalized spacial score (nSPS) is 12.1. The molecular weight excluding hydrogens is 469 g/mol. The molecule has 0 radical (unpaired) electrons. The Balaban J connectivity index is 1.82. The molecule has 3 aromatic rings. The smallest absolute Gasteiger partial charge is 0.234 e. The van der Waals surface area contributed by atoms with E-state index in [2.05, 4.69) is 15.5 Å². The molecule has 0 saturated heterocycles. The van der Waals surface area contributed by atoms with Crippen molar-refractivity contribution in [2.24, 2.45) is 0 Å². The summed E-state index contributed by atoms with van der Waals surface area (Å²) in [5.41, 5.74) is 2.29. The third-order valence-electron chi connectivity index (χ3n) is 4.98. The number of benzene rings is 2. The maximum Gasteiger partial charge on any atom is 0.234 e. The molecule has 1 amide bonds. The summed E-state index contributed by atoms with van der Waals surface area (Å²) < 4.78 is 7.29. The molecule has 0 fully saturated rings. The van der Waals surface area contributed by atoms with Crippen LogP contribution in [0.2, 0.25) is 10.0 Å². The molecule has 32 heavy (non-hydrogen) atoms. The van der Waals surface area contributed by atoms with Gasteiger partial charge in [-0.3, -0.25) is 14.3 Å². The number of amides is 1. The average Bonchev–Trinajstić information content (AvgIpc) is 3.18. The van der Waals surface area contributed by atoms with E-state index in [4.69, 9.17) is 27.9 Å². The second kappa shape index (κ2) is 10.6. The molecule has 0 aliphatic rings. The Morgan fingerprint density at radius 2 is 1.91 bits per heavy atom. The van der Waals surface area contributed by atoms with Gasteiger partial charge in [-0.2, -0.15) is 0 Å². The lowest BCUT2D eigenvalue weighted by Crippen LogP contribution is -2.21. The number of hydrogen-bond acceptors (Lipinski definition) is 6. The lowest BCUT2D eigenvalue weighted by Gasteiger charge is -2.20. The number of aromatic nitrogens is 3. The topological polar surface area (TPSA) is 72.3 Å². The van der Waals surface area contributed by atoms with Crippen LogP contribution in [0.15, 0.2) is 41.6 Å². The van der Waals surface area contributed by atoms with E-state index in [1.807, 2.05) is 61.7 Å². The third kappa shape index (κ3) is 5.56. The summed E-state index contributed by atoms with van der Waals surface area (Å²) in [6.45, 7) is 3.92. The van der Waals surface area contributed by atoms with Gasteiger partial charge in [0.15, 0.2) is 11.0 Å². The molecule has 0 aliphatic heterocycles. The summed E-state index contributed by atoms with van der Waals surface area (Å²) in [4.78, 5) is 14.7. The number of anilines is 1. The van der Waals surface area contributed by atoms with Gasteiger partial charge in [0.25, 0.3) is 0 Å². The summed E-state index contributed by atoms with van der Waals surface area (Å²) in [6.07, 6.45) is 0. The number of nitrogens with one attached hydrogen (secondary N) is 1. The van der Waals surface area contributed by atoms with Crippen molar-refractivity contribution in [3.8, 4) is 11.4 Å². The second-order valence-corrected chi connectivity index (χ2v) is 9.22. The van der Waals surface area contributed by atoms with Crippen molar-refractivity contribution >= 4 is 46.6 Å². The van der Waals surface area contributed by atoms with Crippen molar-refractivity contribution < 1.29 is 9.53 Å². The number of carbonyl (C=O) groups excluding carboxylic acids is 1. The van der Waals surface area contributed by atoms with Gasteiger partial charge in [-0.1, -0.05) is 35.0 Å².